The summed E-state index contributed by atoms with van der Waals surface area (Å²) >= 11 is 2.81. The van der Waals surface area contributed by atoms with E-state index in [0.29, 0.717) is 0 Å². The van der Waals surface area contributed by atoms with Crippen molar-refractivity contribution in [3.63, 3.8) is 0 Å². The minimum Gasteiger partial charge on any atom is -0.306 e. The Bertz CT molecular complexity index is 755. The van der Waals surface area contributed by atoms with Gasteiger partial charge in [0.25, 0.3) is 5.69 Å². The van der Waals surface area contributed by atoms with Crippen LogP contribution in [0.25, 0.3) is 0 Å². The van der Waals surface area contributed by atoms with Gasteiger partial charge in [-0.25, -0.2) is 4.39 Å². The summed E-state index contributed by atoms with van der Waals surface area (Å²) in [5, 5.41) is 11.0. The molecule has 1 heterocycles. The van der Waals surface area contributed by atoms with Gasteiger partial charge in [-0.05, 0) is 15.9 Å². The van der Waals surface area contributed by atoms with E-state index in [1.165, 1.54) is 0 Å². The Balaban J connectivity index is 2.38. The quantitative estimate of drug-likeness (QED) is 0.439. The molecule has 0 radical (unpaired) electrons. The molecule has 1 aromatic rings. The van der Waals surface area contributed by atoms with Crippen LogP contribution in [0.5, 0.6) is 0 Å². The van der Waals surface area contributed by atoms with Gasteiger partial charge in [0.2, 0.25) is 5.91 Å². The topological polar surface area (TPSA) is 97.6 Å². The second-order valence-electron chi connectivity index (χ2n) is 4.79. The highest BCUT2D eigenvalue weighted by Crippen LogP contribution is 2.36. The zero-order valence-corrected chi connectivity index (χ0v) is 13.2. The standard InChI is InChI=1S/C11H9BrF2N2O5S/c12-7-2-10(16(18)19)9(3-8(7)13)15-4-6(1-11(15)17)5-22(14,20)21/h2-3,6H,1,4-5H2. The molecule has 0 spiro atoms. The third-order valence-electron chi connectivity index (χ3n) is 3.14. The predicted octanol–water partition coefficient (Wildman–Crippen LogP) is 2.15. The van der Waals surface area contributed by atoms with Gasteiger partial charge >= 0.3 is 10.2 Å². The predicted molar refractivity (Wildman–Crippen MR) is 76.1 cm³/mol. The number of anilines is 1. The first-order chi connectivity index (χ1) is 10.1. The van der Waals surface area contributed by atoms with Crippen molar-refractivity contribution in [1.82, 2.24) is 0 Å². The zero-order chi connectivity index (χ0) is 16.7. The second-order valence-corrected chi connectivity index (χ2v) is 7.06. The van der Waals surface area contributed by atoms with Crippen LogP contribution in [0.2, 0.25) is 0 Å². The lowest BCUT2D eigenvalue weighted by atomic mass is 10.1. The van der Waals surface area contributed by atoms with E-state index in [1.54, 1.807) is 0 Å². The van der Waals surface area contributed by atoms with Crippen LogP contribution >= 0.6 is 15.9 Å². The van der Waals surface area contributed by atoms with E-state index < -0.39 is 44.2 Å². The molecule has 0 aromatic heterocycles. The van der Waals surface area contributed by atoms with Crippen LogP contribution < -0.4 is 4.90 Å². The number of hydrogen-bond acceptors (Lipinski definition) is 5. The van der Waals surface area contributed by atoms with Crippen LogP contribution in [0.1, 0.15) is 6.42 Å². The number of carbonyl (C=O) groups excluding carboxylic acids is 1. The number of rotatable bonds is 4. The Labute approximate surface area is 132 Å². The summed E-state index contributed by atoms with van der Waals surface area (Å²) in [7, 11) is -4.77. The fourth-order valence-electron chi connectivity index (χ4n) is 2.30. The first-order valence-electron chi connectivity index (χ1n) is 5.94. The summed E-state index contributed by atoms with van der Waals surface area (Å²) in [6.45, 7) is -0.232. The molecule has 120 valence electrons. The van der Waals surface area contributed by atoms with Crippen molar-refractivity contribution >= 4 is 43.4 Å². The Morgan fingerprint density at radius 1 is 1.45 bits per heavy atom. The van der Waals surface area contributed by atoms with Crippen molar-refractivity contribution < 1.29 is 26.4 Å². The lowest BCUT2D eigenvalue weighted by Crippen LogP contribution is -2.26. The normalized spacial score (nSPS) is 18.8. The summed E-state index contributed by atoms with van der Waals surface area (Å²) in [5.41, 5.74) is -0.792. The summed E-state index contributed by atoms with van der Waals surface area (Å²) < 4.78 is 47.4. The Hall–Kier alpha value is -1.62. The Morgan fingerprint density at radius 2 is 2.09 bits per heavy atom. The maximum atomic E-state index is 13.6. The number of nitro groups is 1. The van der Waals surface area contributed by atoms with Crippen molar-refractivity contribution in [3.05, 3.63) is 32.5 Å². The molecule has 1 unspecified atom stereocenters. The first kappa shape index (κ1) is 16.7. The number of hydrogen-bond donors (Lipinski definition) is 0. The van der Waals surface area contributed by atoms with E-state index >= 15 is 0 Å². The average Bonchev–Trinajstić information content (AvgIpc) is 2.70. The molecule has 22 heavy (non-hydrogen) atoms. The van der Waals surface area contributed by atoms with E-state index in [1.807, 2.05) is 0 Å². The molecule has 1 aromatic carbocycles. The number of carbonyl (C=O) groups is 1. The third kappa shape index (κ3) is 3.58. The highest BCUT2D eigenvalue weighted by molar-refractivity contribution is 9.10. The highest BCUT2D eigenvalue weighted by atomic mass is 79.9. The van der Waals surface area contributed by atoms with Crippen molar-refractivity contribution in [3.8, 4) is 0 Å². The lowest BCUT2D eigenvalue weighted by molar-refractivity contribution is -0.384. The molecule has 0 saturated carbocycles. The van der Waals surface area contributed by atoms with Gasteiger partial charge in [-0.3, -0.25) is 14.9 Å². The van der Waals surface area contributed by atoms with Gasteiger partial charge in [0.05, 0.1) is 15.1 Å². The van der Waals surface area contributed by atoms with Gasteiger partial charge in [0.15, 0.2) is 0 Å². The summed E-state index contributed by atoms with van der Waals surface area (Å²) in [6.07, 6.45) is -0.280. The fourth-order valence-corrected chi connectivity index (χ4v) is 3.41. The summed E-state index contributed by atoms with van der Waals surface area (Å²) in [6, 6.07) is 1.73. The number of nitrogens with zero attached hydrogens (tertiary/aromatic N) is 2. The van der Waals surface area contributed by atoms with Crippen LogP contribution in [0.4, 0.5) is 19.7 Å². The van der Waals surface area contributed by atoms with Gasteiger partial charge in [-0.15, -0.1) is 3.89 Å². The van der Waals surface area contributed by atoms with Gasteiger partial charge in [0.1, 0.15) is 11.5 Å². The van der Waals surface area contributed by atoms with E-state index in [9.17, 15) is 31.6 Å². The average molecular weight is 399 g/mol. The molecule has 7 nitrogen and oxygen atoms in total. The van der Waals surface area contributed by atoms with E-state index in [2.05, 4.69) is 15.9 Å². The largest absolute Gasteiger partial charge is 0.306 e. The molecule has 1 aliphatic heterocycles. The molecule has 0 N–H and O–H groups in total. The molecule has 1 aliphatic rings. The summed E-state index contributed by atoms with van der Waals surface area (Å²) in [5.74, 6) is -3.13. The number of nitro benzene ring substituents is 1. The molecule has 1 saturated heterocycles. The van der Waals surface area contributed by atoms with Gasteiger partial charge in [0, 0.05) is 31.0 Å². The molecular weight excluding hydrogens is 390 g/mol. The monoisotopic (exact) mass is 398 g/mol. The van der Waals surface area contributed by atoms with Crippen molar-refractivity contribution in [2.24, 2.45) is 5.92 Å². The van der Waals surface area contributed by atoms with Crippen LogP contribution in [0.3, 0.4) is 0 Å². The minimum atomic E-state index is -4.77. The van der Waals surface area contributed by atoms with E-state index in [-0.39, 0.29) is 23.1 Å². The molecule has 11 heteroatoms. The minimum absolute atomic E-state index is 0.141. The van der Waals surface area contributed by atoms with Crippen molar-refractivity contribution in [1.29, 1.82) is 0 Å². The van der Waals surface area contributed by atoms with Gasteiger partial charge in [-0.1, -0.05) is 0 Å². The van der Waals surface area contributed by atoms with Crippen LogP contribution in [-0.2, 0) is 15.0 Å². The van der Waals surface area contributed by atoms with E-state index in [0.717, 1.165) is 17.0 Å². The molecule has 2 rings (SSSR count). The zero-order valence-electron chi connectivity index (χ0n) is 10.8. The number of benzene rings is 1. The Morgan fingerprint density at radius 3 is 2.64 bits per heavy atom. The molecule has 1 atom stereocenters. The molecule has 0 aliphatic carbocycles. The van der Waals surface area contributed by atoms with Crippen molar-refractivity contribution in [2.45, 2.75) is 6.42 Å². The number of halogens is 3. The van der Waals surface area contributed by atoms with Crippen LogP contribution in [0, 0.1) is 21.8 Å². The van der Waals surface area contributed by atoms with Crippen LogP contribution in [0.15, 0.2) is 16.6 Å². The number of amides is 1. The van der Waals surface area contributed by atoms with Gasteiger partial charge < -0.3 is 4.90 Å². The van der Waals surface area contributed by atoms with Gasteiger partial charge in [-0.2, -0.15) is 8.42 Å². The fraction of sp³-hybridized carbons (Fsp3) is 0.364. The van der Waals surface area contributed by atoms with Crippen LogP contribution in [-0.4, -0.2) is 31.5 Å². The van der Waals surface area contributed by atoms with E-state index in [4.69, 9.17) is 0 Å². The highest BCUT2D eigenvalue weighted by Gasteiger charge is 2.37. The maximum Gasteiger partial charge on any atom is 0.302 e. The lowest BCUT2D eigenvalue weighted by Gasteiger charge is -2.17. The SMILES string of the molecule is O=C1CC(CS(=O)(=O)F)CN1c1cc(F)c(Br)cc1[N+](=O)[O-]. The van der Waals surface area contributed by atoms with Crippen molar-refractivity contribution in [2.75, 3.05) is 17.2 Å². The second kappa shape index (κ2) is 5.88. The first-order valence-corrected chi connectivity index (χ1v) is 8.29. The molecular formula is C11H9BrF2N2O5S. The smallest absolute Gasteiger partial charge is 0.302 e. The molecule has 1 amide bonds. The molecule has 1 fully saturated rings. The Kier molecular flexibility index (Phi) is 4.47. The molecule has 0 bridgehead atoms. The maximum absolute atomic E-state index is 13.6. The third-order valence-corrected chi connectivity index (χ3v) is 4.62. The summed E-state index contributed by atoms with van der Waals surface area (Å²) in [4.78, 5) is 23.0.